The standard InChI is InChI=1S/C16H16FN3/c1-11(19)14-7-4-8-15(17)16(14)20(2)13-6-3-5-12(9-13)10-18/h3-9,11H,19H2,1-2H3/t11-/m1/s1. The van der Waals surface area contributed by atoms with Crippen molar-refractivity contribution in [1.29, 1.82) is 5.26 Å². The van der Waals surface area contributed by atoms with Gasteiger partial charge in [-0.25, -0.2) is 4.39 Å². The van der Waals surface area contributed by atoms with E-state index in [2.05, 4.69) is 6.07 Å². The normalized spacial score (nSPS) is 11.8. The van der Waals surface area contributed by atoms with Crippen molar-refractivity contribution in [2.75, 3.05) is 11.9 Å². The van der Waals surface area contributed by atoms with Crippen molar-refractivity contribution in [2.24, 2.45) is 5.73 Å². The number of hydrogen-bond acceptors (Lipinski definition) is 3. The lowest BCUT2D eigenvalue weighted by atomic mass is 10.0. The molecule has 0 bridgehead atoms. The number of hydrogen-bond donors (Lipinski definition) is 1. The van der Waals surface area contributed by atoms with Crippen LogP contribution in [-0.2, 0) is 0 Å². The second-order valence-corrected chi connectivity index (χ2v) is 4.69. The molecule has 0 spiro atoms. The number of nitrogens with two attached hydrogens (primary N) is 1. The van der Waals surface area contributed by atoms with E-state index in [1.807, 2.05) is 19.1 Å². The highest BCUT2D eigenvalue weighted by Gasteiger charge is 2.16. The molecule has 0 amide bonds. The zero-order chi connectivity index (χ0) is 14.7. The molecule has 1 atom stereocenters. The average Bonchev–Trinajstić information content (AvgIpc) is 2.46. The fourth-order valence-corrected chi connectivity index (χ4v) is 2.17. The molecule has 20 heavy (non-hydrogen) atoms. The van der Waals surface area contributed by atoms with Crippen LogP contribution in [0.1, 0.15) is 24.1 Å². The second kappa shape index (κ2) is 5.72. The summed E-state index contributed by atoms with van der Waals surface area (Å²) < 4.78 is 14.2. The molecular formula is C16H16FN3. The first-order chi connectivity index (χ1) is 9.54. The van der Waals surface area contributed by atoms with Crippen LogP contribution in [0.3, 0.4) is 0 Å². The molecule has 2 aromatic carbocycles. The van der Waals surface area contributed by atoms with Crippen molar-refractivity contribution in [3.05, 3.63) is 59.4 Å². The van der Waals surface area contributed by atoms with Gasteiger partial charge in [0.2, 0.25) is 0 Å². The lowest BCUT2D eigenvalue weighted by Gasteiger charge is -2.24. The van der Waals surface area contributed by atoms with Gasteiger partial charge in [0.25, 0.3) is 0 Å². The van der Waals surface area contributed by atoms with Crippen molar-refractivity contribution < 1.29 is 4.39 Å². The molecule has 0 aliphatic heterocycles. The molecule has 0 saturated carbocycles. The van der Waals surface area contributed by atoms with Crippen molar-refractivity contribution in [1.82, 2.24) is 0 Å². The quantitative estimate of drug-likeness (QED) is 0.928. The van der Waals surface area contributed by atoms with Crippen LogP contribution >= 0.6 is 0 Å². The minimum Gasteiger partial charge on any atom is -0.342 e. The Kier molecular flexibility index (Phi) is 4.02. The molecule has 2 N–H and O–H groups in total. The van der Waals surface area contributed by atoms with Crippen molar-refractivity contribution in [3.63, 3.8) is 0 Å². The molecule has 0 saturated heterocycles. The molecule has 4 heteroatoms. The van der Waals surface area contributed by atoms with Gasteiger partial charge in [-0.15, -0.1) is 0 Å². The molecule has 2 rings (SSSR count). The van der Waals surface area contributed by atoms with Gasteiger partial charge in [-0.05, 0) is 36.8 Å². The number of anilines is 2. The summed E-state index contributed by atoms with van der Waals surface area (Å²) in [5, 5.41) is 8.95. The Morgan fingerprint density at radius 2 is 1.95 bits per heavy atom. The number of para-hydroxylation sites is 1. The van der Waals surface area contributed by atoms with E-state index in [0.29, 0.717) is 11.3 Å². The summed E-state index contributed by atoms with van der Waals surface area (Å²) in [4.78, 5) is 1.72. The Labute approximate surface area is 118 Å². The number of nitriles is 1. The number of rotatable bonds is 3. The molecule has 0 radical (unpaired) electrons. The van der Waals surface area contributed by atoms with Crippen LogP contribution < -0.4 is 10.6 Å². The van der Waals surface area contributed by atoms with E-state index >= 15 is 0 Å². The lowest BCUT2D eigenvalue weighted by Crippen LogP contribution is -2.17. The predicted molar refractivity (Wildman–Crippen MR) is 78.2 cm³/mol. The van der Waals surface area contributed by atoms with E-state index in [9.17, 15) is 4.39 Å². The second-order valence-electron chi connectivity index (χ2n) is 4.69. The minimum absolute atomic E-state index is 0.276. The van der Waals surface area contributed by atoms with Gasteiger partial charge in [0.1, 0.15) is 5.82 Å². The highest BCUT2D eigenvalue weighted by atomic mass is 19.1. The van der Waals surface area contributed by atoms with Crippen LogP contribution in [0, 0.1) is 17.1 Å². The fourth-order valence-electron chi connectivity index (χ4n) is 2.17. The van der Waals surface area contributed by atoms with Gasteiger partial charge in [-0.3, -0.25) is 0 Å². The van der Waals surface area contributed by atoms with E-state index in [0.717, 1.165) is 11.3 Å². The van der Waals surface area contributed by atoms with E-state index in [4.69, 9.17) is 11.0 Å². The predicted octanol–water partition coefficient (Wildman–Crippen LogP) is 3.48. The molecule has 0 aliphatic rings. The Morgan fingerprint density at radius 3 is 2.60 bits per heavy atom. The fraction of sp³-hybridized carbons (Fsp3) is 0.188. The molecule has 2 aromatic rings. The SMILES string of the molecule is C[C@@H](N)c1cccc(F)c1N(C)c1cccc(C#N)c1. The van der Waals surface area contributed by atoms with Crippen molar-refractivity contribution in [3.8, 4) is 6.07 Å². The number of nitrogens with zero attached hydrogens (tertiary/aromatic N) is 2. The zero-order valence-electron chi connectivity index (χ0n) is 11.5. The summed E-state index contributed by atoms with van der Waals surface area (Å²) in [6, 6.07) is 13.7. The van der Waals surface area contributed by atoms with Crippen LogP contribution in [0.4, 0.5) is 15.8 Å². The highest BCUT2D eigenvalue weighted by Crippen LogP contribution is 2.32. The van der Waals surface area contributed by atoms with Gasteiger partial charge in [0.05, 0.1) is 17.3 Å². The largest absolute Gasteiger partial charge is 0.342 e. The zero-order valence-corrected chi connectivity index (χ0v) is 11.5. The maximum absolute atomic E-state index is 14.2. The lowest BCUT2D eigenvalue weighted by molar-refractivity contribution is 0.622. The monoisotopic (exact) mass is 269 g/mol. The maximum Gasteiger partial charge on any atom is 0.147 e. The Bertz CT molecular complexity index is 659. The van der Waals surface area contributed by atoms with Gasteiger partial charge in [-0.1, -0.05) is 18.2 Å². The topological polar surface area (TPSA) is 53.0 Å². The molecule has 0 fully saturated rings. The summed E-state index contributed by atoms with van der Waals surface area (Å²) in [5.74, 6) is -0.329. The third kappa shape index (κ3) is 2.63. The van der Waals surface area contributed by atoms with E-state index < -0.39 is 0 Å². The van der Waals surface area contributed by atoms with Crippen LogP contribution in [0.5, 0.6) is 0 Å². The maximum atomic E-state index is 14.2. The summed E-state index contributed by atoms with van der Waals surface area (Å²) in [6.45, 7) is 1.82. The summed E-state index contributed by atoms with van der Waals surface area (Å²) in [7, 11) is 1.76. The Morgan fingerprint density at radius 1 is 1.25 bits per heavy atom. The van der Waals surface area contributed by atoms with Gasteiger partial charge < -0.3 is 10.6 Å². The first kappa shape index (κ1) is 14.0. The van der Waals surface area contributed by atoms with Crippen LogP contribution in [-0.4, -0.2) is 7.05 Å². The van der Waals surface area contributed by atoms with Crippen LogP contribution in [0.15, 0.2) is 42.5 Å². The average molecular weight is 269 g/mol. The summed E-state index contributed by atoms with van der Waals surface area (Å²) in [6.07, 6.45) is 0. The molecule has 102 valence electrons. The van der Waals surface area contributed by atoms with Crippen LogP contribution in [0.25, 0.3) is 0 Å². The third-order valence-corrected chi connectivity index (χ3v) is 3.21. The third-order valence-electron chi connectivity index (χ3n) is 3.21. The smallest absolute Gasteiger partial charge is 0.147 e. The number of benzene rings is 2. The Hall–Kier alpha value is -2.38. The summed E-state index contributed by atoms with van der Waals surface area (Å²) in [5.41, 5.74) is 8.36. The molecule has 0 aliphatic carbocycles. The molecule has 0 heterocycles. The van der Waals surface area contributed by atoms with Crippen molar-refractivity contribution >= 4 is 11.4 Å². The van der Waals surface area contributed by atoms with Gasteiger partial charge in [0.15, 0.2) is 0 Å². The van der Waals surface area contributed by atoms with Crippen LogP contribution in [0.2, 0.25) is 0 Å². The van der Waals surface area contributed by atoms with Crippen molar-refractivity contribution in [2.45, 2.75) is 13.0 Å². The molecule has 3 nitrogen and oxygen atoms in total. The molecule has 0 aromatic heterocycles. The first-order valence-corrected chi connectivity index (χ1v) is 6.32. The highest BCUT2D eigenvalue weighted by molar-refractivity contribution is 5.68. The van der Waals surface area contributed by atoms with Gasteiger partial charge >= 0.3 is 0 Å². The Balaban J connectivity index is 2.53. The minimum atomic E-state index is -0.329. The summed E-state index contributed by atoms with van der Waals surface area (Å²) >= 11 is 0. The van der Waals surface area contributed by atoms with Gasteiger partial charge in [-0.2, -0.15) is 5.26 Å². The van der Waals surface area contributed by atoms with E-state index in [1.165, 1.54) is 6.07 Å². The molecule has 0 unspecified atom stereocenters. The van der Waals surface area contributed by atoms with E-state index in [-0.39, 0.29) is 11.9 Å². The first-order valence-electron chi connectivity index (χ1n) is 6.32. The van der Waals surface area contributed by atoms with Gasteiger partial charge in [0, 0.05) is 18.8 Å². The van der Waals surface area contributed by atoms with E-state index in [1.54, 1.807) is 36.2 Å². The molecular weight excluding hydrogens is 253 g/mol. The number of halogens is 1.